The Balaban J connectivity index is 0.00000341. The van der Waals surface area contributed by atoms with Gasteiger partial charge in [-0.25, -0.2) is 19.7 Å². The van der Waals surface area contributed by atoms with Gasteiger partial charge in [0.05, 0.1) is 16.8 Å². The number of rotatable bonds is 8. The first-order valence-electron chi connectivity index (χ1n) is 9.59. The average Bonchev–Trinajstić information content (AvgIpc) is 3.08. The molecule has 0 aliphatic carbocycles. The van der Waals surface area contributed by atoms with Gasteiger partial charge in [-0.1, -0.05) is 18.8 Å². The molecule has 0 spiro atoms. The number of hydrogen-bond donors (Lipinski definition) is 4. The molecule has 0 fully saturated rings. The number of nitrogens with zero attached hydrogens (tertiary/aromatic N) is 3. The maximum atomic E-state index is 11.8. The number of methoxy groups -OCH3 is 1. The summed E-state index contributed by atoms with van der Waals surface area (Å²) in [4.78, 5) is 25.0. The van der Waals surface area contributed by atoms with Crippen molar-refractivity contribution < 1.29 is 14.6 Å². The van der Waals surface area contributed by atoms with Crippen molar-refractivity contribution in [2.24, 2.45) is 0 Å². The van der Waals surface area contributed by atoms with Crippen LogP contribution in [0.15, 0.2) is 24.5 Å². The molecule has 0 atom stereocenters. The minimum Gasteiger partial charge on any atom is -0.383 e. The highest BCUT2D eigenvalue weighted by Gasteiger charge is 2.20. The number of aliphatic hydroxyl groups is 1. The monoisotopic (exact) mass is 446 g/mol. The second-order valence-electron chi connectivity index (χ2n) is 7.14. The normalized spacial score (nSPS) is 11.1. The lowest BCUT2D eigenvalue weighted by Gasteiger charge is -2.16. The van der Waals surface area contributed by atoms with E-state index in [1.807, 2.05) is 19.1 Å². The largest absolute Gasteiger partial charge is 0.383 e. The zero-order valence-corrected chi connectivity index (χ0v) is 18.3. The summed E-state index contributed by atoms with van der Waals surface area (Å²) in [5.41, 5.74) is 2.18. The van der Waals surface area contributed by atoms with Crippen LogP contribution in [0.4, 0.5) is 15.6 Å². The van der Waals surface area contributed by atoms with Gasteiger partial charge in [-0.2, -0.15) is 0 Å². The van der Waals surface area contributed by atoms with Gasteiger partial charge in [-0.15, -0.1) is 0 Å². The Labute approximate surface area is 186 Å². The predicted octanol–water partition coefficient (Wildman–Crippen LogP) is 3.82. The van der Waals surface area contributed by atoms with Crippen LogP contribution in [-0.4, -0.2) is 52.9 Å². The summed E-state index contributed by atoms with van der Waals surface area (Å²) >= 11 is 1.40. The lowest BCUT2D eigenvalue weighted by molar-refractivity contribution is 0.0687. The third kappa shape index (κ3) is 6.09. The van der Waals surface area contributed by atoms with Crippen LogP contribution in [0.1, 0.15) is 34.0 Å². The smallest absolute Gasteiger partial charge is 0.321 e. The summed E-state index contributed by atoms with van der Waals surface area (Å²) in [6.45, 7) is 6.86. The van der Waals surface area contributed by atoms with Crippen LogP contribution in [0.5, 0.6) is 0 Å². The Hall–Kier alpha value is -2.82. The van der Waals surface area contributed by atoms with E-state index in [0.717, 1.165) is 27.0 Å². The molecule has 0 unspecified atom stereocenters. The molecule has 0 radical (unpaired) electrons. The van der Waals surface area contributed by atoms with Gasteiger partial charge in [-0.3, -0.25) is 5.32 Å². The van der Waals surface area contributed by atoms with Crippen molar-refractivity contribution in [2.75, 3.05) is 37.4 Å². The fraction of sp³-hybridized carbons (Fsp3) is 0.429. The Morgan fingerprint density at radius 2 is 1.97 bits per heavy atom. The van der Waals surface area contributed by atoms with Crippen molar-refractivity contribution in [1.29, 1.82) is 0 Å². The number of nitrogens with one attached hydrogen (secondary N) is 3. The zero-order valence-electron chi connectivity index (χ0n) is 17.4. The first-order chi connectivity index (χ1) is 14.3. The van der Waals surface area contributed by atoms with E-state index in [-0.39, 0.29) is 13.5 Å². The number of ether oxygens (including phenoxy) is 1. The number of thiazole rings is 1. The maximum Gasteiger partial charge on any atom is 0.321 e. The molecule has 168 valence electrons. The van der Waals surface area contributed by atoms with Crippen LogP contribution in [0.3, 0.4) is 0 Å². The number of carbonyl (C=O) groups is 1. The van der Waals surface area contributed by atoms with Gasteiger partial charge in [0.25, 0.3) is 0 Å². The van der Waals surface area contributed by atoms with Gasteiger partial charge < -0.3 is 20.5 Å². The lowest BCUT2D eigenvalue weighted by atomic mass is 10.1. The summed E-state index contributed by atoms with van der Waals surface area (Å²) in [6, 6.07) is 3.64. The molecule has 3 aromatic rings. The number of amides is 2. The molecule has 10 heteroatoms. The molecule has 2 aromatic heterocycles. The molecule has 0 saturated heterocycles. The number of hydrogen-bond acceptors (Lipinski definition) is 8. The Kier molecular flexibility index (Phi) is 8.26. The Morgan fingerprint density at radius 1 is 1.26 bits per heavy atom. The van der Waals surface area contributed by atoms with Crippen molar-refractivity contribution in [2.45, 2.75) is 33.8 Å². The molecule has 0 aliphatic heterocycles. The van der Waals surface area contributed by atoms with Crippen LogP contribution in [-0.2, 0) is 10.3 Å². The zero-order chi connectivity index (χ0) is 21.7. The number of fused-ring (bicyclic) bond motifs is 1. The molecule has 2 heterocycles. The van der Waals surface area contributed by atoms with Crippen LogP contribution in [0.2, 0.25) is 0 Å². The number of urea groups is 1. The maximum absolute atomic E-state index is 11.8. The van der Waals surface area contributed by atoms with E-state index in [9.17, 15) is 9.90 Å². The predicted molar refractivity (Wildman–Crippen MR) is 126 cm³/mol. The van der Waals surface area contributed by atoms with Gasteiger partial charge in [0, 0.05) is 49.4 Å². The second-order valence-corrected chi connectivity index (χ2v) is 8.17. The van der Waals surface area contributed by atoms with Crippen LogP contribution >= 0.6 is 11.3 Å². The Bertz CT molecular complexity index is 1010. The first kappa shape index (κ1) is 24.4. The Morgan fingerprint density at radius 3 is 2.58 bits per heavy atom. The summed E-state index contributed by atoms with van der Waals surface area (Å²) in [6.07, 6.45) is 3.37. The van der Waals surface area contributed by atoms with Crippen LogP contribution in [0, 0.1) is 0 Å². The van der Waals surface area contributed by atoms with E-state index in [2.05, 4.69) is 30.9 Å². The molecular weight excluding hydrogens is 416 g/mol. The van der Waals surface area contributed by atoms with E-state index < -0.39 is 5.60 Å². The van der Waals surface area contributed by atoms with E-state index in [0.29, 0.717) is 30.7 Å². The summed E-state index contributed by atoms with van der Waals surface area (Å²) < 4.78 is 6.07. The van der Waals surface area contributed by atoms with E-state index >= 15 is 0 Å². The van der Waals surface area contributed by atoms with Crippen LogP contribution < -0.4 is 16.0 Å². The van der Waals surface area contributed by atoms with Gasteiger partial charge in [0.1, 0.15) is 5.60 Å². The SMILES string of the molecule is C.CCNC(=O)Nc1nc2cc(-c3cnc(C(C)(C)O)nc3)c(NCCOC)cc2s1. The first-order valence-corrected chi connectivity index (χ1v) is 10.4. The van der Waals surface area contributed by atoms with E-state index in [4.69, 9.17) is 4.74 Å². The van der Waals surface area contributed by atoms with Gasteiger partial charge in [0.2, 0.25) is 0 Å². The third-order valence-electron chi connectivity index (χ3n) is 4.22. The van der Waals surface area contributed by atoms with Crippen molar-refractivity contribution >= 4 is 38.4 Å². The molecule has 0 saturated carbocycles. The standard InChI is InChI=1S/C20H26N6O3S.CH4/c1-5-21-18(27)26-19-25-15-8-13(12-10-23-17(24-11-12)20(2,3)28)14(9-16(15)30-19)22-6-7-29-4;/h8-11,22,28H,5-7H2,1-4H3,(H2,21,25,26,27);1H4. The average molecular weight is 447 g/mol. The topological polar surface area (TPSA) is 121 Å². The fourth-order valence-electron chi connectivity index (χ4n) is 2.79. The summed E-state index contributed by atoms with van der Waals surface area (Å²) in [5.74, 6) is 0.350. The van der Waals surface area contributed by atoms with Crippen molar-refractivity contribution in [3.8, 4) is 11.1 Å². The third-order valence-corrected chi connectivity index (χ3v) is 5.15. The molecular formula is C21H30N6O3S. The minimum absolute atomic E-state index is 0. The number of benzene rings is 1. The van der Waals surface area contributed by atoms with Gasteiger partial charge in [0.15, 0.2) is 11.0 Å². The molecule has 0 bridgehead atoms. The number of carbonyl (C=O) groups excluding carboxylic acids is 1. The highest BCUT2D eigenvalue weighted by Crippen LogP contribution is 2.36. The van der Waals surface area contributed by atoms with Crippen LogP contribution in [0.25, 0.3) is 21.3 Å². The van der Waals surface area contributed by atoms with E-state index in [1.165, 1.54) is 11.3 Å². The molecule has 3 rings (SSSR count). The van der Waals surface area contributed by atoms with E-state index in [1.54, 1.807) is 33.4 Å². The quantitative estimate of drug-likeness (QED) is 0.388. The molecule has 9 nitrogen and oxygen atoms in total. The fourth-order valence-corrected chi connectivity index (χ4v) is 3.67. The highest BCUT2D eigenvalue weighted by atomic mass is 32.1. The van der Waals surface area contributed by atoms with Crippen molar-refractivity contribution in [1.82, 2.24) is 20.3 Å². The van der Waals surface area contributed by atoms with Gasteiger partial charge in [-0.05, 0) is 32.9 Å². The van der Waals surface area contributed by atoms with Crippen molar-refractivity contribution in [3.05, 3.63) is 30.4 Å². The number of anilines is 2. The molecule has 4 N–H and O–H groups in total. The highest BCUT2D eigenvalue weighted by molar-refractivity contribution is 7.22. The van der Waals surface area contributed by atoms with Crippen molar-refractivity contribution in [3.63, 3.8) is 0 Å². The summed E-state index contributed by atoms with van der Waals surface area (Å²) in [7, 11) is 1.65. The lowest BCUT2D eigenvalue weighted by Crippen LogP contribution is -2.28. The molecule has 2 amide bonds. The minimum atomic E-state index is -1.11. The number of aromatic nitrogens is 3. The van der Waals surface area contributed by atoms with Gasteiger partial charge >= 0.3 is 6.03 Å². The second kappa shape index (κ2) is 10.5. The molecule has 0 aliphatic rings. The molecule has 31 heavy (non-hydrogen) atoms. The summed E-state index contributed by atoms with van der Waals surface area (Å²) in [5, 5.41) is 19.4. The molecule has 1 aromatic carbocycles.